The molecule has 0 rings (SSSR count). The Morgan fingerprint density at radius 3 is 0.950 bits per heavy atom. The van der Waals surface area contributed by atoms with Crippen molar-refractivity contribution in [2.45, 2.75) is 79.1 Å². The van der Waals surface area contributed by atoms with E-state index >= 15 is 0 Å². The van der Waals surface area contributed by atoms with Crippen molar-refractivity contribution in [3.05, 3.63) is 0 Å². The van der Waals surface area contributed by atoms with Crippen molar-refractivity contribution in [1.29, 1.82) is 0 Å². The van der Waals surface area contributed by atoms with Crippen molar-refractivity contribution in [3.8, 4) is 0 Å². The van der Waals surface area contributed by atoms with Crippen LogP contribution in [-0.4, -0.2) is 46.0 Å². The normalized spacial score (nSPS) is 10.7. The van der Waals surface area contributed by atoms with E-state index in [-0.39, 0.29) is 5.48 Å². The zero-order chi connectivity index (χ0) is 15.0. The monoisotopic (exact) mass is 323 g/mol. The summed E-state index contributed by atoms with van der Waals surface area (Å²) in [4.78, 5) is 0. The zero-order valence-electron chi connectivity index (χ0n) is 15.0. The zero-order valence-corrected chi connectivity index (χ0v) is 18.1. The Kier molecular flexibility index (Phi) is 25.0. The van der Waals surface area contributed by atoms with Crippen LogP contribution < -0.4 is 0 Å². The molecule has 0 aliphatic carbocycles. The largest absolute Gasteiger partial charge is 0.870 e. The molecular weight excluding hydrogens is 281 g/mol. The van der Waals surface area contributed by atoms with Gasteiger partial charge in [0.2, 0.25) is 0 Å². The third-order valence-electron chi connectivity index (χ3n) is 3.94. The van der Waals surface area contributed by atoms with E-state index in [0.29, 0.717) is 0 Å². The third kappa shape index (κ3) is 13.5. The number of hydrogen-bond donors (Lipinski definition) is 0. The first-order valence-electron chi connectivity index (χ1n) is 8.67. The van der Waals surface area contributed by atoms with Crippen LogP contribution in [0.25, 0.3) is 0 Å². The van der Waals surface area contributed by atoms with Gasteiger partial charge in [0.25, 0.3) is 0 Å². The summed E-state index contributed by atoms with van der Waals surface area (Å²) in [5, 5.41) is 0. The number of rotatable bonds is 12. The lowest BCUT2D eigenvalue weighted by Gasteiger charge is -2.39. The minimum absolute atomic E-state index is 0. The predicted octanol–water partition coefficient (Wildman–Crippen LogP) is 3.97. The van der Waals surface area contributed by atoms with Crippen LogP contribution in [0.1, 0.15) is 79.1 Å². The Bertz CT molecular complexity index is 133. The summed E-state index contributed by atoms with van der Waals surface area (Å²) in [6.07, 6.45) is 11.1. The fraction of sp³-hybridized carbons (Fsp3) is 1.00. The molecule has 0 amide bonds. The van der Waals surface area contributed by atoms with E-state index in [4.69, 9.17) is 0 Å². The molecule has 0 saturated heterocycles. The summed E-state index contributed by atoms with van der Waals surface area (Å²) < 4.78 is 1.42. The van der Waals surface area contributed by atoms with Gasteiger partial charge in [-0.25, -0.2) is 0 Å². The molecule has 4 heteroatoms. The molecule has 2 nitrogen and oxygen atoms in total. The molecule has 0 aliphatic rings. The lowest BCUT2D eigenvalue weighted by molar-refractivity contribution is -0.929. The Hall–Kier alpha value is 0.567. The molecule has 0 aromatic carbocycles. The van der Waals surface area contributed by atoms with Crippen LogP contribution in [0.5, 0.6) is 0 Å². The number of nitrogens with zero attached hydrogens (tertiary/aromatic N) is 1. The summed E-state index contributed by atoms with van der Waals surface area (Å²) in [5.41, 5.74) is 0. The van der Waals surface area contributed by atoms with Gasteiger partial charge in [0.15, 0.2) is 0 Å². The molecule has 0 radical (unpaired) electrons. The van der Waals surface area contributed by atoms with E-state index in [9.17, 15) is 0 Å². The maximum atomic E-state index is 2.56. The molecule has 0 fully saturated rings. The smallest absolute Gasteiger partial charge is 0.0786 e. The molecule has 0 bridgehead atoms. The van der Waals surface area contributed by atoms with Crippen molar-refractivity contribution in [3.63, 3.8) is 0 Å². The van der Waals surface area contributed by atoms with Gasteiger partial charge >= 0.3 is 0 Å². The van der Waals surface area contributed by atoms with Gasteiger partial charge in [-0.1, -0.05) is 53.4 Å². The third-order valence-corrected chi connectivity index (χ3v) is 3.94. The van der Waals surface area contributed by atoms with Gasteiger partial charge in [0, 0.05) is 9.91 Å². The quantitative estimate of drug-likeness (QED) is 0.304. The van der Waals surface area contributed by atoms with Crippen LogP contribution in [0.2, 0.25) is 0 Å². The van der Waals surface area contributed by atoms with Crippen molar-refractivity contribution < 1.29 is 9.96 Å². The maximum Gasteiger partial charge on any atom is 0.0786 e. The molecule has 1 atom stereocenters. The first kappa shape index (κ1) is 25.5. The summed E-state index contributed by atoms with van der Waals surface area (Å²) in [6.45, 7) is 15.0. The SMILES string of the molecule is CCCC[N+](CCCC)(CCCC)CCCC.[OH-].[SiH3]P. The second-order valence-electron chi connectivity index (χ2n) is 5.65. The van der Waals surface area contributed by atoms with E-state index < -0.39 is 0 Å². The van der Waals surface area contributed by atoms with Gasteiger partial charge in [-0.15, -0.1) is 0 Å². The average Bonchev–Trinajstić information content (AvgIpc) is 2.48. The number of hydrogen-bond acceptors (Lipinski definition) is 1. The highest BCUT2D eigenvalue weighted by molar-refractivity contribution is 7.49. The molecule has 20 heavy (non-hydrogen) atoms. The first-order valence-corrected chi connectivity index (χ1v) is 13.3. The van der Waals surface area contributed by atoms with Crippen molar-refractivity contribution in [2.75, 3.05) is 26.2 Å². The number of unbranched alkanes of at least 4 members (excludes halogenated alkanes) is 4. The van der Waals surface area contributed by atoms with E-state index in [1.54, 1.807) is 0 Å². The highest BCUT2D eigenvalue weighted by Gasteiger charge is 2.24. The molecule has 0 saturated carbocycles. The van der Waals surface area contributed by atoms with Gasteiger partial charge in [0.1, 0.15) is 0 Å². The van der Waals surface area contributed by atoms with Crippen LogP contribution >= 0.6 is 8.79 Å². The lowest BCUT2D eigenvalue weighted by Crippen LogP contribution is -2.50. The Balaban J connectivity index is -0.000000916. The summed E-state index contributed by atoms with van der Waals surface area (Å²) >= 11 is 0. The van der Waals surface area contributed by atoms with Gasteiger partial charge in [-0.2, -0.15) is 8.79 Å². The molecular formula is C16H42NOPSi. The van der Waals surface area contributed by atoms with E-state index in [1.807, 2.05) is 0 Å². The predicted molar refractivity (Wildman–Crippen MR) is 101 cm³/mol. The van der Waals surface area contributed by atoms with Crippen LogP contribution in [-0.2, 0) is 0 Å². The van der Waals surface area contributed by atoms with Gasteiger partial charge in [-0.3, -0.25) is 0 Å². The van der Waals surface area contributed by atoms with Gasteiger partial charge in [0.05, 0.1) is 26.2 Å². The fourth-order valence-corrected chi connectivity index (χ4v) is 2.64. The lowest BCUT2D eigenvalue weighted by atomic mass is 10.1. The minimum Gasteiger partial charge on any atom is -0.870 e. The molecule has 0 aromatic rings. The molecule has 1 unspecified atom stereocenters. The Labute approximate surface area is 134 Å². The van der Waals surface area contributed by atoms with Crippen molar-refractivity contribution in [1.82, 2.24) is 0 Å². The van der Waals surface area contributed by atoms with Crippen LogP contribution in [0.3, 0.4) is 0 Å². The molecule has 1 N–H and O–H groups in total. The first-order chi connectivity index (χ1) is 9.24. The molecule has 0 spiro atoms. The average molecular weight is 324 g/mol. The highest BCUT2D eigenvalue weighted by Crippen LogP contribution is 2.16. The van der Waals surface area contributed by atoms with E-state index in [2.05, 4.69) is 36.5 Å². The molecule has 0 aromatic heterocycles. The van der Waals surface area contributed by atoms with Crippen LogP contribution in [0, 0.1) is 0 Å². The van der Waals surface area contributed by atoms with E-state index in [0.717, 1.165) is 0 Å². The summed E-state index contributed by atoms with van der Waals surface area (Å²) in [6, 6.07) is 0. The van der Waals surface area contributed by atoms with Gasteiger partial charge < -0.3 is 9.96 Å². The van der Waals surface area contributed by atoms with Crippen molar-refractivity contribution in [2.24, 2.45) is 0 Å². The van der Waals surface area contributed by atoms with Crippen LogP contribution in [0.4, 0.5) is 0 Å². The van der Waals surface area contributed by atoms with Crippen LogP contribution in [0.15, 0.2) is 0 Å². The highest BCUT2D eigenvalue weighted by atomic mass is 31.3. The Morgan fingerprint density at radius 2 is 0.800 bits per heavy atom. The van der Waals surface area contributed by atoms with E-state index in [1.165, 1.54) is 91.9 Å². The second-order valence-corrected chi connectivity index (χ2v) is 5.65. The van der Waals surface area contributed by atoms with Crippen molar-refractivity contribution >= 4 is 18.7 Å². The topological polar surface area (TPSA) is 30.0 Å². The molecule has 0 aliphatic heterocycles. The summed E-state index contributed by atoms with van der Waals surface area (Å²) in [7, 11) is 3.78. The molecule has 0 heterocycles. The maximum absolute atomic E-state index is 2.56. The minimum atomic E-state index is 0. The number of quaternary nitrogens is 1. The molecule has 126 valence electrons. The second kappa shape index (κ2) is 19.6. The standard InChI is InChI=1S/C16H36N.H2O.H5PSi/c1-5-9-13-17(14-10-6-2,15-11-7-3)16-12-8-4;;1-2/h5-16H2,1-4H3;1H2;1H2,2H3/q+1;;/p-1. The fourth-order valence-electron chi connectivity index (χ4n) is 2.64. The Morgan fingerprint density at radius 1 is 0.600 bits per heavy atom. The van der Waals surface area contributed by atoms with Gasteiger partial charge in [-0.05, 0) is 25.7 Å². The summed E-state index contributed by atoms with van der Waals surface area (Å²) in [5.74, 6) is 0.